The van der Waals surface area contributed by atoms with Gasteiger partial charge in [-0.25, -0.2) is 0 Å². The molecule has 0 aliphatic rings. The van der Waals surface area contributed by atoms with Crippen LogP contribution in [-0.4, -0.2) is 0 Å². The molecule has 0 unspecified atom stereocenters. The van der Waals surface area contributed by atoms with E-state index in [9.17, 15) is 0 Å². The van der Waals surface area contributed by atoms with Crippen molar-refractivity contribution in [1.82, 2.24) is 0 Å². The van der Waals surface area contributed by atoms with Gasteiger partial charge in [-0.15, -0.1) is 22.7 Å². The number of hydrogen-bond donors (Lipinski definition) is 0. The van der Waals surface area contributed by atoms with E-state index in [0.717, 1.165) is 111 Å². The van der Waals surface area contributed by atoms with E-state index in [0.29, 0.717) is 0 Å². The smallest absolute Gasteiger partial charge is 0.135 e. The number of anilines is 6. The first kappa shape index (κ1) is 48.2. The van der Waals surface area contributed by atoms with Crippen LogP contribution in [-0.2, 0) is 0 Å². The quantitative estimate of drug-likeness (QED) is 0.144. The molecule has 0 aliphatic heterocycles. The maximum absolute atomic E-state index is 6.34. The van der Waals surface area contributed by atoms with Crippen molar-refractivity contribution in [3.63, 3.8) is 0 Å². The van der Waals surface area contributed by atoms with Gasteiger partial charge in [0.25, 0.3) is 0 Å². The van der Waals surface area contributed by atoms with Crippen molar-refractivity contribution < 1.29 is 8.83 Å². The van der Waals surface area contributed by atoms with Crippen LogP contribution in [0.1, 0.15) is 22.3 Å². The zero-order chi connectivity index (χ0) is 54.7. The molecule has 0 amide bonds. The normalized spacial score (nSPS) is 11.9. The van der Waals surface area contributed by atoms with Crippen molar-refractivity contribution in [3.05, 3.63) is 265 Å². The van der Waals surface area contributed by atoms with E-state index in [1.807, 2.05) is 34.8 Å². The standard InChI is InChI=1S/C76H52N2O2S2/c1-45-15-13-21-55(51-29-35-69-61(41-51)57-17-5-9-23-67(57)79-69)75(45)77(53-31-37-73-63(43-53)59-19-7-11-25-71(59)81-73)65-33-27-49(39-47(65)3)50-28-34-66(48(4)40-50)78(54-32-38-74-64(44-54)60-20-8-12-26-72(60)82-74)76-46(2)16-14-22-56(76)52-30-36-70-62(42-52)58-18-6-10-24-68(58)80-70/h5-44H,1-4H3. The topological polar surface area (TPSA) is 32.8 Å². The summed E-state index contributed by atoms with van der Waals surface area (Å²) in [6.07, 6.45) is 0. The third-order valence-electron chi connectivity index (χ3n) is 16.7. The number of fused-ring (bicyclic) bond motifs is 12. The lowest BCUT2D eigenvalue weighted by molar-refractivity contribution is 0.668. The molecule has 0 N–H and O–H groups in total. The monoisotopic (exact) mass is 1090 g/mol. The van der Waals surface area contributed by atoms with Crippen LogP contribution < -0.4 is 9.80 Å². The van der Waals surface area contributed by atoms with E-state index >= 15 is 0 Å². The van der Waals surface area contributed by atoms with Crippen LogP contribution in [0.5, 0.6) is 0 Å². The molecule has 0 saturated heterocycles. The van der Waals surface area contributed by atoms with Gasteiger partial charge in [-0.3, -0.25) is 0 Å². The Morgan fingerprint density at radius 2 is 0.659 bits per heavy atom. The van der Waals surface area contributed by atoms with Gasteiger partial charge in [0.2, 0.25) is 0 Å². The summed E-state index contributed by atoms with van der Waals surface area (Å²) in [5, 5.41) is 9.54. The first-order chi connectivity index (χ1) is 40.3. The number of hydrogen-bond acceptors (Lipinski definition) is 6. The summed E-state index contributed by atoms with van der Waals surface area (Å²) < 4.78 is 17.8. The van der Waals surface area contributed by atoms with Gasteiger partial charge < -0.3 is 18.6 Å². The molecular formula is C76H52N2O2S2. The molecule has 6 heteroatoms. The molecule has 0 bridgehead atoms. The molecule has 12 aromatic carbocycles. The molecule has 4 aromatic heterocycles. The highest BCUT2D eigenvalue weighted by Gasteiger charge is 2.26. The molecule has 0 atom stereocenters. The predicted molar refractivity (Wildman–Crippen MR) is 351 cm³/mol. The van der Waals surface area contributed by atoms with Gasteiger partial charge in [-0.2, -0.15) is 0 Å². The fraction of sp³-hybridized carbons (Fsp3) is 0.0526. The molecule has 390 valence electrons. The van der Waals surface area contributed by atoms with Crippen LogP contribution in [0.2, 0.25) is 0 Å². The van der Waals surface area contributed by atoms with Gasteiger partial charge >= 0.3 is 0 Å². The summed E-state index contributed by atoms with van der Waals surface area (Å²) in [7, 11) is 0. The highest BCUT2D eigenvalue weighted by molar-refractivity contribution is 7.26. The molecule has 16 aromatic rings. The van der Waals surface area contributed by atoms with E-state index in [4.69, 9.17) is 8.83 Å². The van der Waals surface area contributed by atoms with Crippen LogP contribution in [0.4, 0.5) is 34.1 Å². The van der Waals surface area contributed by atoms with Crippen molar-refractivity contribution in [2.45, 2.75) is 27.7 Å². The van der Waals surface area contributed by atoms with Crippen molar-refractivity contribution in [2.75, 3.05) is 9.80 Å². The number of furan rings is 2. The zero-order valence-corrected chi connectivity index (χ0v) is 47.3. The van der Waals surface area contributed by atoms with E-state index in [1.54, 1.807) is 0 Å². The number of rotatable bonds is 9. The fourth-order valence-corrected chi connectivity index (χ4v) is 15.0. The number of para-hydroxylation sites is 4. The molecule has 4 nitrogen and oxygen atoms in total. The molecule has 4 heterocycles. The summed E-state index contributed by atoms with van der Waals surface area (Å²) in [5.41, 5.74) is 21.9. The summed E-state index contributed by atoms with van der Waals surface area (Å²) >= 11 is 3.70. The van der Waals surface area contributed by atoms with Crippen molar-refractivity contribution in [1.29, 1.82) is 0 Å². The molecule has 0 spiro atoms. The molecule has 0 saturated carbocycles. The maximum Gasteiger partial charge on any atom is 0.135 e. The minimum Gasteiger partial charge on any atom is -0.456 e. The Bertz CT molecular complexity index is 4940. The van der Waals surface area contributed by atoms with Crippen molar-refractivity contribution in [2.24, 2.45) is 0 Å². The Kier molecular flexibility index (Phi) is 11.1. The molecule has 82 heavy (non-hydrogen) atoms. The summed E-state index contributed by atoms with van der Waals surface area (Å²) in [6.45, 7) is 9.02. The summed E-state index contributed by atoms with van der Waals surface area (Å²) in [5.74, 6) is 0. The highest BCUT2D eigenvalue weighted by atomic mass is 32.1. The number of nitrogens with zero attached hydrogens (tertiary/aromatic N) is 2. The van der Waals surface area contributed by atoms with Gasteiger partial charge in [-0.1, -0.05) is 133 Å². The van der Waals surface area contributed by atoms with E-state index in [1.165, 1.54) is 62.6 Å². The van der Waals surface area contributed by atoms with Crippen LogP contribution >= 0.6 is 22.7 Å². The molecule has 0 fully saturated rings. The molecule has 0 aliphatic carbocycles. The largest absolute Gasteiger partial charge is 0.456 e. The Morgan fingerprint density at radius 3 is 1.11 bits per heavy atom. The lowest BCUT2D eigenvalue weighted by atomic mass is 9.94. The predicted octanol–water partition coefficient (Wildman–Crippen LogP) is 23.4. The molecule has 0 radical (unpaired) electrons. The molecular weight excluding hydrogens is 1040 g/mol. The first-order valence-electron chi connectivity index (χ1n) is 28.0. The lowest BCUT2D eigenvalue weighted by Gasteiger charge is -2.31. The van der Waals surface area contributed by atoms with Gasteiger partial charge in [0.1, 0.15) is 22.3 Å². The van der Waals surface area contributed by atoms with Gasteiger partial charge in [0, 0.05) is 95.8 Å². The summed E-state index contributed by atoms with van der Waals surface area (Å²) in [4.78, 5) is 5.00. The maximum atomic E-state index is 6.34. The third kappa shape index (κ3) is 7.78. The average Bonchev–Trinajstić information content (AvgIpc) is 4.40. The van der Waals surface area contributed by atoms with Crippen LogP contribution in [0.3, 0.4) is 0 Å². The van der Waals surface area contributed by atoms with Crippen molar-refractivity contribution in [3.8, 4) is 33.4 Å². The molecule has 16 rings (SSSR count). The van der Waals surface area contributed by atoms with Crippen LogP contribution in [0, 0.1) is 27.7 Å². The minimum absolute atomic E-state index is 0.888. The SMILES string of the molecule is Cc1cc(-c2ccc(N(c3ccc4sc5ccccc5c4c3)c3c(C)cccc3-c3ccc4oc5ccccc5c4c3)c(C)c2)ccc1N(c1ccc2sc3ccccc3c2c1)c1c(C)cccc1-c1ccc2oc3ccccc3c2c1. The second-order valence-corrected chi connectivity index (χ2v) is 24.0. The summed E-state index contributed by atoms with van der Waals surface area (Å²) in [6, 6.07) is 89.0. The van der Waals surface area contributed by atoms with E-state index in [2.05, 4.69) is 268 Å². The Morgan fingerprint density at radius 1 is 0.268 bits per heavy atom. The third-order valence-corrected chi connectivity index (χ3v) is 19.0. The van der Waals surface area contributed by atoms with Crippen LogP contribution in [0.25, 0.3) is 118 Å². The number of aryl methyl sites for hydroxylation is 4. The van der Waals surface area contributed by atoms with Crippen LogP contribution in [0.15, 0.2) is 251 Å². The highest BCUT2D eigenvalue weighted by Crippen LogP contribution is 2.50. The first-order valence-corrected chi connectivity index (χ1v) is 29.6. The minimum atomic E-state index is 0.888. The van der Waals surface area contributed by atoms with E-state index in [-0.39, 0.29) is 0 Å². The lowest BCUT2D eigenvalue weighted by Crippen LogP contribution is -2.14. The van der Waals surface area contributed by atoms with Gasteiger partial charge in [0.15, 0.2) is 0 Å². The van der Waals surface area contributed by atoms with Gasteiger partial charge in [0.05, 0.1) is 11.4 Å². The Labute approximate surface area is 482 Å². The Balaban J connectivity index is 0.841. The number of benzene rings is 12. The second kappa shape index (κ2) is 19.0. The second-order valence-electron chi connectivity index (χ2n) is 21.8. The van der Waals surface area contributed by atoms with E-state index < -0.39 is 0 Å². The average molecular weight is 1090 g/mol. The van der Waals surface area contributed by atoms with Crippen molar-refractivity contribution >= 4 is 141 Å². The Hall–Kier alpha value is -9.72. The zero-order valence-electron chi connectivity index (χ0n) is 45.6. The van der Waals surface area contributed by atoms with Gasteiger partial charge in [-0.05, 0) is 181 Å². The fourth-order valence-electron chi connectivity index (χ4n) is 12.8. The number of thiophene rings is 2.